The first-order valence-corrected chi connectivity index (χ1v) is 10.1. The predicted molar refractivity (Wildman–Crippen MR) is 118 cm³/mol. The van der Waals surface area contributed by atoms with E-state index in [4.69, 9.17) is 16.1 Å². The van der Waals surface area contributed by atoms with Crippen LogP contribution >= 0.6 is 11.8 Å². The summed E-state index contributed by atoms with van der Waals surface area (Å²) in [5.41, 5.74) is 3.42. The molecule has 4 rings (SSSR count). The Morgan fingerprint density at radius 2 is 1.86 bits per heavy atom. The van der Waals surface area contributed by atoms with Crippen molar-refractivity contribution < 1.29 is 4.42 Å². The van der Waals surface area contributed by atoms with Gasteiger partial charge in [-0.1, -0.05) is 62.0 Å². The second-order valence-electron chi connectivity index (χ2n) is 5.70. The van der Waals surface area contributed by atoms with E-state index < -0.39 is 0 Å². The molecule has 0 atom stereocenters. The fourth-order valence-corrected chi connectivity index (χ4v) is 3.32. The number of furan rings is 1. The van der Waals surface area contributed by atoms with Crippen molar-refractivity contribution in [2.24, 2.45) is 16.8 Å². The van der Waals surface area contributed by atoms with Gasteiger partial charge in [-0.05, 0) is 29.0 Å². The fraction of sp³-hybridized carbons (Fsp3) is 0.150. The van der Waals surface area contributed by atoms with Gasteiger partial charge in [-0.3, -0.25) is 5.10 Å². The Balaban J connectivity index is 0.00000117. The Bertz CT molecular complexity index is 1100. The molecule has 0 bridgehead atoms. The third-order valence-electron chi connectivity index (χ3n) is 4.00. The number of nitrogens with one attached hydrogen (secondary N) is 2. The van der Waals surface area contributed by atoms with Gasteiger partial charge in [0.1, 0.15) is 11.6 Å². The molecule has 0 fully saturated rings. The third-order valence-corrected chi connectivity index (χ3v) is 4.86. The SMILES string of the molecule is CC.N/N=C(/CSc1n[nH]c(-c2ccc(-c3ccc4ccccc4c3)o2)n1)NN. The van der Waals surface area contributed by atoms with Crippen molar-refractivity contribution in [2.75, 3.05) is 5.75 Å². The van der Waals surface area contributed by atoms with Crippen molar-refractivity contribution in [1.29, 1.82) is 0 Å². The molecular formula is C20H23N7OS. The summed E-state index contributed by atoms with van der Waals surface area (Å²) < 4.78 is 5.97. The van der Waals surface area contributed by atoms with Crippen LogP contribution in [-0.4, -0.2) is 26.8 Å². The maximum atomic E-state index is 5.97. The lowest BCUT2D eigenvalue weighted by Gasteiger charge is -2.01. The molecule has 150 valence electrons. The van der Waals surface area contributed by atoms with Crippen LogP contribution in [0.25, 0.3) is 33.7 Å². The standard InChI is InChI=1S/C18H17N7OS.C2H6/c19-22-16(23-20)10-27-18-21-17(24-25-18)15-8-7-14(26-15)13-6-5-11-3-1-2-4-12(11)9-13;1-2/h1-9H,10,19-20H2,(H,22,23)(H,21,24,25);1-2H3. The van der Waals surface area contributed by atoms with Gasteiger partial charge in [-0.25, -0.2) is 5.84 Å². The minimum Gasteiger partial charge on any atom is -0.453 e. The Kier molecular flexibility index (Phi) is 6.88. The first kappa shape index (κ1) is 20.4. The first-order valence-electron chi connectivity index (χ1n) is 9.15. The van der Waals surface area contributed by atoms with E-state index in [1.165, 1.54) is 17.1 Å². The normalized spacial score (nSPS) is 11.2. The second-order valence-corrected chi connectivity index (χ2v) is 6.64. The molecule has 0 saturated heterocycles. The van der Waals surface area contributed by atoms with Crippen LogP contribution in [0.3, 0.4) is 0 Å². The highest BCUT2D eigenvalue weighted by atomic mass is 32.2. The highest BCUT2D eigenvalue weighted by molar-refractivity contribution is 7.99. The number of rotatable bonds is 5. The molecule has 9 heteroatoms. The largest absolute Gasteiger partial charge is 0.453 e. The summed E-state index contributed by atoms with van der Waals surface area (Å²) in [6.07, 6.45) is 0. The lowest BCUT2D eigenvalue weighted by molar-refractivity contribution is 0.592. The summed E-state index contributed by atoms with van der Waals surface area (Å²) in [5.74, 6) is 13.3. The highest BCUT2D eigenvalue weighted by Crippen LogP contribution is 2.29. The van der Waals surface area contributed by atoms with Crippen molar-refractivity contribution in [2.45, 2.75) is 19.0 Å². The number of hydrazine groups is 1. The van der Waals surface area contributed by atoms with Gasteiger partial charge in [0, 0.05) is 5.56 Å². The summed E-state index contributed by atoms with van der Waals surface area (Å²) in [6.45, 7) is 4.00. The van der Waals surface area contributed by atoms with Crippen LogP contribution < -0.4 is 17.1 Å². The Hall–Kier alpha value is -3.30. The maximum absolute atomic E-state index is 5.97. The van der Waals surface area contributed by atoms with Crippen LogP contribution in [0.2, 0.25) is 0 Å². The molecule has 2 aromatic heterocycles. The number of hydrogen-bond donors (Lipinski definition) is 4. The molecule has 0 unspecified atom stereocenters. The molecule has 0 aliphatic carbocycles. The number of nitrogens with zero attached hydrogens (tertiary/aromatic N) is 3. The number of hydrazone groups is 1. The topological polar surface area (TPSA) is 131 Å². The van der Waals surface area contributed by atoms with Gasteiger partial charge < -0.3 is 15.7 Å². The summed E-state index contributed by atoms with van der Waals surface area (Å²) in [5, 5.41) is 13.5. The molecule has 8 nitrogen and oxygen atoms in total. The van der Waals surface area contributed by atoms with E-state index >= 15 is 0 Å². The highest BCUT2D eigenvalue weighted by Gasteiger charge is 2.12. The van der Waals surface area contributed by atoms with Gasteiger partial charge >= 0.3 is 0 Å². The second kappa shape index (κ2) is 9.76. The molecule has 29 heavy (non-hydrogen) atoms. The van der Waals surface area contributed by atoms with E-state index in [1.54, 1.807) is 0 Å². The summed E-state index contributed by atoms with van der Waals surface area (Å²) >= 11 is 1.35. The molecule has 6 N–H and O–H groups in total. The zero-order valence-corrected chi connectivity index (χ0v) is 17.0. The average molecular weight is 410 g/mol. The van der Waals surface area contributed by atoms with Crippen LogP contribution in [0.1, 0.15) is 13.8 Å². The van der Waals surface area contributed by atoms with Gasteiger partial charge in [0.15, 0.2) is 11.6 Å². The third kappa shape index (κ3) is 4.76. The number of benzene rings is 2. The van der Waals surface area contributed by atoms with Crippen LogP contribution in [0, 0.1) is 0 Å². The van der Waals surface area contributed by atoms with E-state index in [0.717, 1.165) is 16.7 Å². The van der Waals surface area contributed by atoms with Crippen molar-refractivity contribution in [3.63, 3.8) is 0 Å². The number of nitrogens with two attached hydrogens (primary N) is 2. The number of thioether (sulfide) groups is 1. The quantitative estimate of drug-likeness (QED) is 0.130. The summed E-state index contributed by atoms with van der Waals surface area (Å²) in [4.78, 5) is 4.42. The molecule has 2 aromatic carbocycles. The number of amidine groups is 1. The summed E-state index contributed by atoms with van der Waals surface area (Å²) in [7, 11) is 0. The van der Waals surface area contributed by atoms with E-state index in [0.29, 0.717) is 28.3 Å². The van der Waals surface area contributed by atoms with Crippen LogP contribution in [0.5, 0.6) is 0 Å². The fourth-order valence-electron chi connectivity index (χ4n) is 2.63. The molecule has 0 radical (unpaired) electrons. The van der Waals surface area contributed by atoms with Gasteiger partial charge in [-0.2, -0.15) is 10.1 Å². The Morgan fingerprint density at radius 1 is 1.10 bits per heavy atom. The van der Waals surface area contributed by atoms with Crippen LogP contribution in [0.15, 0.2) is 69.3 Å². The van der Waals surface area contributed by atoms with E-state index in [-0.39, 0.29) is 0 Å². The number of aromatic amines is 1. The zero-order chi connectivity index (χ0) is 20.6. The van der Waals surface area contributed by atoms with Crippen molar-refractivity contribution in [3.05, 3.63) is 54.6 Å². The number of fused-ring (bicyclic) bond motifs is 1. The monoisotopic (exact) mass is 409 g/mol. The maximum Gasteiger partial charge on any atom is 0.209 e. The number of H-pyrrole nitrogens is 1. The molecule has 0 saturated carbocycles. The van der Waals surface area contributed by atoms with Gasteiger partial charge in [0.2, 0.25) is 5.16 Å². The van der Waals surface area contributed by atoms with Gasteiger partial charge in [0.05, 0.1) is 5.75 Å². The summed E-state index contributed by atoms with van der Waals surface area (Å²) in [6, 6.07) is 18.2. The first-order chi connectivity index (χ1) is 14.3. The molecule has 0 aliphatic heterocycles. The van der Waals surface area contributed by atoms with Crippen molar-refractivity contribution >= 4 is 28.4 Å². The van der Waals surface area contributed by atoms with Crippen molar-refractivity contribution in [3.8, 4) is 22.9 Å². The zero-order valence-electron chi connectivity index (χ0n) is 16.2. The lowest BCUT2D eigenvalue weighted by atomic mass is 10.1. The van der Waals surface area contributed by atoms with Crippen molar-refractivity contribution in [1.82, 2.24) is 20.6 Å². The lowest BCUT2D eigenvalue weighted by Crippen LogP contribution is -2.33. The number of aromatic nitrogens is 3. The molecule has 2 heterocycles. The Morgan fingerprint density at radius 3 is 2.62 bits per heavy atom. The van der Waals surface area contributed by atoms with E-state index in [2.05, 4.69) is 50.0 Å². The molecule has 4 aromatic rings. The number of hydrogen-bond acceptors (Lipinski definition) is 7. The van der Waals surface area contributed by atoms with Crippen LogP contribution in [-0.2, 0) is 0 Å². The van der Waals surface area contributed by atoms with Gasteiger partial charge in [0.25, 0.3) is 0 Å². The minimum absolute atomic E-state index is 0.435. The van der Waals surface area contributed by atoms with E-state index in [1.807, 2.05) is 44.2 Å². The average Bonchev–Trinajstić information content (AvgIpc) is 3.45. The Labute approximate surface area is 172 Å². The molecule has 0 amide bonds. The minimum atomic E-state index is 0.435. The van der Waals surface area contributed by atoms with Crippen LogP contribution in [0.4, 0.5) is 0 Å². The molecule has 0 spiro atoms. The predicted octanol–water partition coefficient (Wildman–Crippen LogP) is 3.74. The van der Waals surface area contributed by atoms with E-state index in [9.17, 15) is 0 Å². The smallest absolute Gasteiger partial charge is 0.209 e. The molecular weight excluding hydrogens is 386 g/mol. The molecule has 0 aliphatic rings. The van der Waals surface area contributed by atoms with Gasteiger partial charge in [-0.15, -0.1) is 5.10 Å².